The summed E-state index contributed by atoms with van der Waals surface area (Å²) in [5.74, 6) is 1.00. The quantitative estimate of drug-likeness (QED) is 0.741. The van der Waals surface area contributed by atoms with Gasteiger partial charge >= 0.3 is 0 Å². The smallest absolute Gasteiger partial charge is 0.258 e. The minimum atomic E-state index is -0.182. The summed E-state index contributed by atoms with van der Waals surface area (Å²) < 4.78 is 5.44. The van der Waals surface area contributed by atoms with Gasteiger partial charge in [0.2, 0.25) is 0 Å². The van der Waals surface area contributed by atoms with Gasteiger partial charge in [0.1, 0.15) is 12.0 Å². The van der Waals surface area contributed by atoms with Crippen LogP contribution in [0, 0.1) is 5.92 Å². The van der Waals surface area contributed by atoms with Crippen LogP contribution in [0.2, 0.25) is 0 Å². The number of rotatable bonds is 8. The van der Waals surface area contributed by atoms with Gasteiger partial charge in [0, 0.05) is 5.56 Å². The third kappa shape index (κ3) is 6.07. The first-order valence-electron chi connectivity index (χ1n) is 8.54. The van der Waals surface area contributed by atoms with E-state index in [1.165, 1.54) is 5.56 Å². The van der Waals surface area contributed by atoms with E-state index in [4.69, 9.17) is 4.74 Å². The highest BCUT2D eigenvalue weighted by Crippen LogP contribution is 2.16. The molecule has 132 valence electrons. The van der Waals surface area contributed by atoms with Crippen molar-refractivity contribution in [1.29, 1.82) is 0 Å². The minimum absolute atomic E-state index is 0.0593. The monoisotopic (exact) mass is 339 g/mol. The summed E-state index contributed by atoms with van der Waals surface area (Å²) in [6, 6.07) is 14.9. The fourth-order valence-electron chi connectivity index (χ4n) is 2.57. The first-order chi connectivity index (χ1) is 12.0. The van der Waals surface area contributed by atoms with Gasteiger partial charge in [-0.1, -0.05) is 38.1 Å². The number of carbonyl (C=O) groups is 2. The van der Waals surface area contributed by atoms with E-state index >= 15 is 0 Å². The first-order valence-corrected chi connectivity index (χ1v) is 8.54. The lowest BCUT2D eigenvalue weighted by atomic mass is 10.00. The number of aldehydes is 1. The van der Waals surface area contributed by atoms with Crippen LogP contribution >= 0.6 is 0 Å². The van der Waals surface area contributed by atoms with Crippen molar-refractivity contribution in [2.75, 3.05) is 6.61 Å². The Morgan fingerprint density at radius 1 is 1.04 bits per heavy atom. The van der Waals surface area contributed by atoms with E-state index in [-0.39, 0.29) is 18.6 Å². The lowest BCUT2D eigenvalue weighted by molar-refractivity contribution is -0.123. The van der Waals surface area contributed by atoms with Crippen molar-refractivity contribution in [2.45, 2.75) is 33.2 Å². The van der Waals surface area contributed by atoms with Gasteiger partial charge < -0.3 is 10.1 Å². The molecule has 0 aromatic heterocycles. The van der Waals surface area contributed by atoms with Gasteiger partial charge in [-0.3, -0.25) is 9.59 Å². The summed E-state index contributed by atoms with van der Waals surface area (Å²) in [6.07, 6.45) is 1.82. The van der Waals surface area contributed by atoms with Crippen molar-refractivity contribution in [2.24, 2.45) is 5.92 Å². The molecule has 0 aliphatic carbocycles. The molecule has 1 N–H and O–H groups in total. The summed E-state index contributed by atoms with van der Waals surface area (Å²) in [4.78, 5) is 22.7. The van der Waals surface area contributed by atoms with E-state index in [0.29, 0.717) is 17.2 Å². The van der Waals surface area contributed by atoms with Crippen molar-refractivity contribution in [3.8, 4) is 5.75 Å². The second-order valence-electron chi connectivity index (χ2n) is 6.60. The maximum Gasteiger partial charge on any atom is 0.258 e. The fraction of sp³-hybridized carbons (Fsp3) is 0.333. The predicted octanol–water partition coefficient (Wildman–Crippen LogP) is 3.95. The molecular formula is C21H25NO3. The molecule has 0 heterocycles. The molecule has 1 atom stereocenters. The molecule has 2 aromatic carbocycles. The second-order valence-corrected chi connectivity index (χ2v) is 6.60. The summed E-state index contributed by atoms with van der Waals surface area (Å²) in [5, 5.41) is 2.93. The minimum Gasteiger partial charge on any atom is -0.484 e. The van der Waals surface area contributed by atoms with E-state index in [0.717, 1.165) is 18.3 Å². The van der Waals surface area contributed by atoms with Gasteiger partial charge in [-0.25, -0.2) is 0 Å². The number of amides is 1. The van der Waals surface area contributed by atoms with Gasteiger partial charge in [-0.05, 0) is 54.7 Å². The molecule has 1 amide bonds. The molecule has 1 unspecified atom stereocenters. The van der Waals surface area contributed by atoms with E-state index in [9.17, 15) is 9.59 Å². The van der Waals surface area contributed by atoms with Crippen LogP contribution in [-0.2, 0) is 11.2 Å². The Labute approximate surface area is 149 Å². The van der Waals surface area contributed by atoms with Crippen LogP contribution in [0.15, 0.2) is 48.5 Å². The molecule has 0 radical (unpaired) electrons. The molecule has 2 aromatic rings. The standard InChI is InChI=1S/C21H25NO3/c1-15(2)12-17-4-8-19(9-5-17)16(3)22-21(24)14-25-20-10-6-18(13-23)7-11-20/h4-11,13,15-16H,12,14H2,1-3H3,(H,22,24). The Morgan fingerprint density at radius 2 is 1.68 bits per heavy atom. The lowest BCUT2D eigenvalue weighted by Crippen LogP contribution is -2.31. The van der Waals surface area contributed by atoms with E-state index < -0.39 is 0 Å². The molecule has 2 rings (SSSR count). The van der Waals surface area contributed by atoms with Gasteiger partial charge in [0.15, 0.2) is 6.61 Å². The number of carbonyl (C=O) groups excluding carboxylic acids is 2. The molecule has 0 saturated carbocycles. The first kappa shape index (κ1) is 18.7. The van der Waals surface area contributed by atoms with Crippen LogP contribution in [0.5, 0.6) is 5.75 Å². The fourth-order valence-corrected chi connectivity index (χ4v) is 2.57. The SMILES string of the molecule is CC(C)Cc1ccc(C(C)NC(=O)COc2ccc(C=O)cc2)cc1. The van der Waals surface area contributed by atoms with Crippen molar-refractivity contribution in [3.63, 3.8) is 0 Å². The number of ether oxygens (including phenoxy) is 1. The zero-order valence-electron chi connectivity index (χ0n) is 15.0. The van der Waals surface area contributed by atoms with Gasteiger partial charge in [-0.15, -0.1) is 0 Å². The summed E-state index contributed by atoms with van der Waals surface area (Å²) in [5.41, 5.74) is 2.95. The summed E-state index contributed by atoms with van der Waals surface area (Å²) in [6.45, 7) is 6.29. The molecular weight excluding hydrogens is 314 g/mol. The highest BCUT2D eigenvalue weighted by molar-refractivity contribution is 5.78. The predicted molar refractivity (Wildman–Crippen MR) is 98.9 cm³/mol. The van der Waals surface area contributed by atoms with Crippen LogP contribution in [-0.4, -0.2) is 18.8 Å². The summed E-state index contributed by atoms with van der Waals surface area (Å²) >= 11 is 0. The number of hydrogen-bond donors (Lipinski definition) is 1. The number of benzene rings is 2. The van der Waals surface area contributed by atoms with E-state index in [1.807, 2.05) is 6.92 Å². The molecule has 4 heteroatoms. The van der Waals surface area contributed by atoms with Crippen molar-refractivity contribution in [3.05, 3.63) is 65.2 Å². The van der Waals surface area contributed by atoms with Gasteiger partial charge in [0.25, 0.3) is 5.91 Å². The van der Waals surface area contributed by atoms with E-state index in [2.05, 4.69) is 43.4 Å². The third-order valence-corrected chi connectivity index (χ3v) is 3.89. The molecule has 0 aliphatic rings. The zero-order valence-corrected chi connectivity index (χ0v) is 15.0. The second kappa shape index (κ2) is 9.02. The lowest BCUT2D eigenvalue weighted by Gasteiger charge is -2.15. The Balaban J connectivity index is 1.83. The maximum absolute atomic E-state index is 12.0. The maximum atomic E-state index is 12.0. The molecule has 0 aliphatic heterocycles. The third-order valence-electron chi connectivity index (χ3n) is 3.89. The largest absolute Gasteiger partial charge is 0.484 e. The Morgan fingerprint density at radius 3 is 2.24 bits per heavy atom. The highest BCUT2D eigenvalue weighted by atomic mass is 16.5. The van der Waals surface area contributed by atoms with Crippen molar-refractivity contribution >= 4 is 12.2 Å². The molecule has 0 spiro atoms. The Hall–Kier alpha value is -2.62. The van der Waals surface area contributed by atoms with Crippen LogP contribution in [0.25, 0.3) is 0 Å². The van der Waals surface area contributed by atoms with Crippen LogP contribution in [0.3, 0.4) is 0 Å². The number of nitrogens with one attached hydrogen (secondary N) is 1. The Bertz CT molecular complexity index is 690. The van der Waals surface area contributed by atoms with Gasteiger partial charge in [0.05, 0.1) is 6.04 Å². The van der Waals surface area contributed by atoms with Crippen molar-refractivity contribution < 1.29 is 14.3 Å². The van der Waals surface area contributed by atoms with E-state index in [1.54, 1.807) is 24.3 Å². The molecule has 0 bridgehead atoms. The Kier molecular flexibility index (Phi) is 6.75. The van der Waals surface area contributed by atoms with Crippen LogP contribution in [0.4, 0.5) is 0 Å². The summed E-state index contributed by atoms with van der Waals surface area (Å²) in [7, 11) is 0. The molecule has 0 saturated heterocycles. The van der Waals surface area contributed by atoms with Crippen LogP contribution in [0.1, 0.15) is 48.3 Å². The molecule has 4 nitrogen and oxygen atoms in total. The molecule has 25 heavy (non-hydrogen) atoms. The number of hydrogen-bond acceptors (Lipinski definition) is 3. The van der Waals surface area contributed by atoms with Crippen LogP contribution < -0.4 is 10.1 Å². The van der Waals surface area contributed by atoms with Crippen molar-refractivity contribution in [1.82, 2.24) is 5.32 Å². The van der Waals surface area contributed by atoms with Gasteiger partial charge in [-0.2, -0.15) is 0 Å². The molecule has 0 fully saturated rings. The topological polar surface area (TPSA) is 55.4 Å². The average Bonchev–Trinajstić information content (AvgIpc) is 2.60. The highest BCUT2D eigenvalue weighted by Gasteiger charge is 2.10. The normalized spacial score (nSPS) is 11.8. The zero-order chi connectivity index (χ0) is 18.2. The average molecular weight is 339 g/mol.